The van der Waals surface area contributed by atoms with Crippen molar-refractivity contribution < 1.29 is 71.2 Å². The quantitative estimate of drug-likeness (QED) is 0.398. The van der Waals surface area contributed by atoms with Crippen LogP contribution in [0, 0.1) is 0 Å². The fourth-order valence-electron chi connectivity index (χ4n) is 0. The summed E-state index contributed by atoms with van der Waals surface area (Å²) in [6.45, 7) is 3.40. The van der Waals surface area contributed by atoms with Crippen LogP contribution in [0.5, 0.6) is 0 Å². The van der Waals surface area contributed by atoms with Crippen molar-refractivity contribution >= 4 is 35.3 Å². The van der Waals surface area contributed by atoms with Crippen molar-refractivity contribution in [2.24, 2.45) is 0 Å². The molecule has 20 heavy (non-hydrogen) atoms. The first-order chi connectivity index (χ1) is 7.93. The Kier molecular flexibility index (Phi) is 29.8. The van der Waals surface area contributed by atoms with Crippen molar-refractivity contribution in [3.63, 3.8) is 0 Å². The van der Waals surface area contributed by atoms with Gasteiger partial charge in [-0.3, -0.25) is 0 Å². The molecule has 0 bridgehead atoms. The first kappa shape index (κ1) is 31.9. The Balaban J connectivity index is -0.0000000536. The van der Waals surface area contributed by atoms with E-state index in [1.165, 1.54) is 0 Å². The fraction of sp³-hybridized carbons (Fsp3) is 0.667. The van der Waals surface area contributed by atoms with Crippen LogP contribution >= 0.6 is 0 Å². The molecule has 0 saturated heterocycles. The van der Waals surface area contributed by atoms with Crippen LogP contribution in [0.4, 0.5) is 0 Å². The second-order valence-electron chi connectivity index (χ2n) is 2.99. The SMILES string of the molecule is CC(O)C(=O)[O-].CC(O)C(=O)[O-].CC(O)C(=O)[O-].[Al+3].[Zr]. The number of aliphatic carboxylic acids is 3. The maximum atomic E-state index is 9.34. The van der Waals surface area contributed by atoms with Gasteiger partial charge in [-0.2, -0.15) is 0 Å². The maximum Gasteiger partial charge on any atom is 3.00 e. The van der Waals surface area contributed by atoms with Crippen LogP contribution in [-0.4, -0.2) is 68.9 Å². The third-order valence-corrected chi connectivity index (χ3v) is 1.02. The van der Waals surface area contributed by atoms with Gasteiger partial charge in [0.05, 0.1) is 36.2 Å². The number of hydrogen-bond acceptors (Lipinski definition) is 9. The van der Waals surface area contributed by atoms with Gasteiger partial charge in [0.25, 0.3) is 0 Å². The van der Waals surface area contributed by atoms with Crippen molar-refractivity contribution in [3.8, 4) is 0 Å². The Bertz CT molecular complexity index is 225. The number of aliphatic hydroxyl groups excluding tert-OH is 3. The number of carbonyl (C=O) groups is 3. The average Bonchev–Trinajstić information content (AvgIpc) is 2.18. The predicted octanol–water partition coefficient (Wildman–Crippen LogP) is -6.03. The molecule has 0 saturated carbocycles. The molecule has 11 heteroatoms. The molecule has 0 rings (SSSR count). The minimum atomic E-state index is -1.44. The molecule has 0 aromatic carbocycles. The molecule has 0 spiro atoms. The Hall–Kier alpha value is -0.294. The molecule has 3 N–H and O–H groups in total. The van der Waals surface area contributed by atoms with E-state index in [9.17, 15) is 29.7 Å². The predicted molar refractivity (Wildman–Crippen MR) is 55.8 cm³/mol. The third kappa shape index (κ3) is 36.1. The number of hydrogen-bond donors (Lipinski definition) is 3. The molecule has 3 unspecified atom stereocenters. The molecule has 112 valence electrons. The molecule has 0 aliphatic carbocycles. The Labute approximate surface area is 145 Å². The molecule has 0 aromatic rings. The largest absolute Gasteiger partial charge is 3.00 e. The summed E-state index contributed by atoms with van der Waals surface area (Å²) >= 11 is 0. The van der Waals surface area contributed by atoms with E-state index >= 15 is 0 Å². The van der Waals surface area contributed by atoms with Crippen molar-refractivity contribution in [2.75, 3.05) is 0 Å². The van der Waals surface area contributed by atoms with Crippen LogP contribution in [-0.2, 0) is 40.6 Å². The van der Waals surface area contributed by atoms with Crippen LogP contribution in [0.25, 0.3) is 0 Å². The van der Waals surface area contributed by atoms with Gasteiger partial charge in [0.15, 0.2) is 0 Å². The topological polar surface area (TPSA) is 181 Å². The standard InChI is InChI=1S/3C3H6O3.Al.Zr/c3*1-2(4)3(5)6;;/h3*2,4H,1H3,(H,5,6);;/q;;;+3;/p-3. The third-order valence-electron chi connectivity index (χ3n) is 1.02. The van der Waals surface area contributed by atoms with Crippen LogP contribution in [0.1, 0.15) is 20.8 Å². The Morgan fingerprint density at radius 1 is 0.700 bits per heavy atom. The van der Waals surface area contributed by atoms with Gasteiger partial charge < -0.3 is 45.0 Å². The van der Waals surface area contributed by atoms with Gasteiger partial charge in [-0.1, -0.05) is 0 Å². The number of carbonyl (C=O) groups excluding carboxylic acids is 3. The van der Waals surface area contributed by atoms with E-state index in [0.717, 1.165) is 20.8 Å². The van der Waals surface area contributed by atoms with E-state index in [0.29, 0.717) is 0 Å². The van der Waals surface area contributed by atoms with E-state index in [4.69, 9.17) is 15.3 Å². The number of carboxylic acids is 3. The van der Waals surface area contributed by atoms with Gasteiger partial charge in [-0.05, 0) is 20.8 Å². The van der Waals surface area contributed by atoms with Crippen LogP contribution in [0.3, 0.4) is 0 Å². The van der Waals surface area contributed by atoms with E-state index < -0.39 is 36.2 Å². The summed E-state index contributed by atoms with van der Waals surface area (Å²) in [5.74, 6) is -4.31. The molecule has 0 aliphatic rings. The van der Waals surface area contributed by atoms with Crippen molar-refractivity contribution in [2.45, 2.75) is 39.1 Å². The molecular formula is C9H15AlO9Zr. The summed E-state index contributed by atoms with van der Waals surface area (Å²) in [6.07, 6.45) is -4.03. The van der Waals surface area contributed by atoms with Crippen molar-refractivity contribution in [3.05, 3.63) is 0 Å². The zero-order chi connectivity index (χ0) is 15.5. The summed E-state index contributed by atoms with van der Waals surface area (Å²) in [5, 5.41) is 51.9. The van der Waals surface area contributed by atoms with Gasteiger partial charge in [0.2, 0.25) is 0 Å². The smallest absolute Gasteiger partial charge is 0.547 e. The second kappa shape index (κ2) is 18.7. The van der Waals surface area contributed by atoms with Gasteiger partial charge in [-0.15, -0.1) is 0 Å². The maximum absolute atomic E-state index is 9.34. The van der Waals surface area contributed by atoms with Gasteiger partial charge in [0, 0.05) is 26.2 Å². The van der Waals surface area contributed by atoms with Crippen molar-refractivity contribution in [1.82, 2.24) is 0 Å². The summed E-state index contributed by atoms with van der Waals surface area (Å²) in [4.78, 5) is 28.0. The number of carboxylic acid groups (broad SMARTS) is 3. The number of rotatable bonds is 3. The van der Waals surface area contributed by atoms with Gasteiger partial charge in [-0.25, -0.2) is 0 Å². The normalized spacial score (nSPS) is 12.3. The summed E-state index contributed by atoms with van der Waals surface area (Å²) in [6, 6.07) is 0. The Morgan fingerprint density at radius 3 is 0.750 bits per heavy atom. The molecule has 0 heterocycles. The molecule has 3 atom stereocenters. The molecule has 9 nitrogen and oxygen atoms in total. The molecular weight excluding hydrogens is 370 g/mol. The number of aliphatic hydroxyl groups is 3. The minimum absolute atomic E-state index is 0. The van der Waals surface area contributed by atoms with Crippen LogP contribution in [0.2, 0.25) is 0 Å². The summed E-state index contributed by atoms with van der Waals surface area (Å²) < 4.78 is 0. The monoisotopic (exact) mass is 384 g/mol. The Morgan fingerprint density at radius 2 is 0.750 bits per heavy atom. The molecule has 0 aliphatic heterocycles. The zero-order valence-electron chi connectivity index (χ0n) is 11.1. The van der Waals surface area contributed by atoms with E-state index in [1.807, 2.05) is 0 Å². The van der Waals surface area contributed by atoms with E-state index in [-0.39, 0.29) is 43.6 Å². The molecule has 0 fully saturated rings. The van der Waals surface area contributed by atoms with Gasteiger partial charge in [0.1, 0.15) is 0 Å². The average molecular weight is 385 g/mol. The molecule has 0 amide bonds. The second-order valence-corrected chi connectivity index (χ2v) is 2.99. The summed E-state index contributed by atoms with van der Waals surface area (Å²) in [5.41, 5.74) is 0. The van der Waals surface area contributed by atoms with E-state index in [1.54, 1.807) is 0 Å². The fourth-order valence-corrected chi connectivity index (χ4v) is 0. The molecule has 0 aromatic heterocycles. The van der Waals surface area contributed by atoms with Crippen LogP contribution < -0.4 is 15.3 Å². The van der Waals surface area contributed by atoms with Crippen molar-refractivity contribution in [1.29, 1.82) is 0 Å². The van der Waals surface area contributed by atoms with Crippen LogP contribution in [0.15, 0.2) is 0 Å². The first-order valence-electron chi connectivity index (χ1n) is 4.60. The summed E-state index contributed by atoms with van der Waals surface area (Å²) in [7, 11) is 0. The zero-order valence-corrected chi connectivity index (χ0v) is 14.7. The van der Waals surface area contributed by atoms with E-state index in [2.05, 4.69) is 0 Å². The van der Waals surface area contributed by atoms with Gasteiger partial charge >= 0.3 is 17.4 Å². The first-order valence-corrected chi connectivity index (χ1v) is 4.60. The minimum Gasteiger partial charge on any atom is -0.547 e. The molecule has 0 radical (unpaired) electrons.